The number of carbonyl (C=O) groups is 3. The molecular weight excluding hydrogens is 955 g/mol. The number of hydrogen-bond donors (Lipinski definition) is 2. The minimum Gasteiger partial charge on any atom is -0.489 e. The molecule has 0 saturated heterocycles. The third kappa shape index (κ3) is 14.1. The molecule has 0 spiro atoms. The predicted octanol–water partition coefficient (Wildman–Crippen LogP) is 12.1. The normalized spacial score (nSPS) is 10.5. The molecule has 0 aliphatic rings. The van der Waals surface area contributed by atoms with Crippen molar-refractivity contribution in [3.8, 4) is 34.3 Å². The van der Waals surface area contributed by atoms with Gasteiger partial charge in [0.05, 0.1) is 25.1 Å². The number of rotatable bonds is 20. The monoisotopic (exact) mass is 1000 g/mol. The molecule has 0 saturated carbocycles. The van der Waals surface area contributed by atoms with E-state index in [2.05, 4.69) is 26.3 Å². The predicted molar refractivity (Wildman–Crippen MR) is 270 cm³/mol. The number of nitrogens with zero attached hydrogens (tertiary/aromatic N) is 2. The molecule has 8 aromatic rings. The summed E-state index contributed by atoms with van der Waals surface area (Å²) in [6, 6.07) is 56.7. The summed E-state index contributed by atoms with van der Waals surface area (Å²) in [5, 5.41) is 17.5. The summed E-state index contributed by atoms with van der Waals surface area (Å²) in [5.74, 6) is -0.123. The highest BCUT2D eigenvalue weighted by molar-refractivity contribution is 9.10. The Morgan fingerprint density at radius 3 is 1.49 bits per heavy atom. The van der Waals surface area contributed by atoms with Crippen LogP contribution in [0.2, 0.25) is 0 Å². The van der Waals surface area contributed by atoms with Crippen molar-refractivity contribution in [2.75, 3.05) is 19.0 Å². The number of aromatic nitrogens is 2. The maximum atomic E-state index is 13.2. The lowest BCUT2D eigenvalue weighted by molar-refractivity contribution is -0.144. The van der Waals surface area contributed by atoms with Crippen LogP contribution < -0.4 is 24.3 Å². The fraction of sp³-hybridized carbons (Fsp3) is 0.143. The van der Waals surface area contributed by atoms with E-state index in [1.54, 1.807) is 37.3 Å². The van der Waals surface area contributed by atoms with Crippen LogP contribution >= 0.6 is 15.9 Å². The molecule has 14 heteroatoms. The first kappa shape index (κ1) is 49.5. The number of methoxy groups -OCH3 is 1. The van der Waals surface area contributed by atoms with Crippen LogP contribution in [0.4, 0.5) is 11.5 Å². The molecule has 0 aliphatic heterocycles. The number of carboxylic acids is 1. The number of esters is 2. The highest BCUT2D eigenvalue weighted by Crippen LogP contribution is 2.37. The van der Waals surface area contributed by atoms with E-state index in [-0.39, 0.29) is 49.0 Å². The van der Waals surface area contributed by atoms with Crippen molar-refractivity contribution in [2.24, 2.45) is 0 Å². The summed E-state index contributed by atoms with van der Waals surface area (Å²) >= 11 is 3.31. The third-order valence-electron chi connectivity index (χ3n) is 10.4. The highest BCUT2D eigenvalue weighted by Gasteiger charge is 2.24. The number of anilines is 2. The highest BCUT2D eigenvalue weighted by atomic mass is 79.9. The number of ether oxygens (including phenoxy) is 6. The van der Waals surface area contributed by atoms with Crippen LogP contribution in [0.3, 0.4) is 0 Å². The smallest absolute Gasteiger partial charge is 0.343 e. The lowest BCUT2D eigenvalue weighted by Gasteiger charge is -2.18. The standard InChI is InChI=1S/C35H33N3O6.C21H17BrO4/c1-3-42-33(39)22-38-32(21-29(37-38)27-17-11-6-12-18-27)36-30-19-28(43-23-25-13-7-4-8-14-25)20-31(34(30)35(40)41-2)44-24-26-15-9-5-10-16-26;22-18-11-17(25-13-15-7-3-1-4-8-15)12-19(20(18)21(23)24)26-14-16-9-5-2-6-10-16/h4-21,36H,3,22-24H2,1-2H3;1-12H,13-14H2,(H,23,24). The Hall–Kier alpha value is -8.36. The van der Waals surface area contributed by atoms with Crippen molar-refractivity contribution in [3.05, 3.63) is 220 Å². The summed E-state index contributed by atoms with van der Waals surface area (Å²) in [5.41, 5.74) is 5.98. The van der Waals surface area contributed by atoms with Crippen LogP contribution in [0.5, 0.6) is 23.0 Å². The summed E-state index contributed by atoms with van der Waals surface area (Å²) in [7, 11) is 1.31. The van der Waals surface area contributed by atoms with E-state index in [0.29, 0.717) is 46.4 Å². The number of benzene rings is 7. The molecule has 0 atom stereocenters. The van der Waals surface area contributed by atoms with Crippen molar-refractivity contribution in [3.63, 3.8) is 0 Å². The van der Waals surface area contributed by atoms with Gasteiger partial charge in [0.2, 0.25) is 0 Å². The zero-order chi connectivity index (χ0) is 49.1. The molecule has 8 rings (SSSR count). The van der Waals surface area contributed by atoms with Crippen LogP contribution in [0.1, 0.15) is 49.9 Å². The average molecular weight is 1000 g/mol. The van der Waals surface area contributed by atoms with Gasteiger partial charge >= 0.3 is 17.9 Å². The topological polar surface area (TPSA) is 157 Å². The molecule has 0 bridgehead atoms. The second kappa shape index (κ2) is 25.1. The fourth-order valence-electron chi connectivity index (χ4n) is 6.97. The van der Waals surface area contributed by atoms with Crippen molar-refractivity contribution < 1.29 is 47.9 Å². The molecule has 0 radical (unpaired) electrons. The zero-order valence-corrected chi connectivity index (χ0v) is 40.0. The second-order valence-electron chi connectivity index (χ2n) is 15.4. The van der Waals surface area contributed by atoms with Crippen LogP contribution in [0.15, 0.2) is 186 Å². The van der Waals surface area contributed by atoms with E-state index in [4.69, 9.17) is 28.4 Å². The van der Waals surface area contributed by atoms with Crippen LogP contribution in [0, 0.1) is 0 Å². The number of carbonyl (C=O) groups excluding carboxylic acids is 2. The molecule has 0 amide bonds. The molecule has 0 aliphatic carbocycles. The number of aromatic carboxylic acids is 1. The molecule has 0 unspecified atom stereocenters. The molecule has 7 aromatic carbocycles. The van der Waals surface area contributed by atoms with Gasteiger partial charge in [-0.3, -0.25) is 4.79 Å². The Morgan fingerprint density at radius 2 is 1.03 bits per heavy atom. The third-order valence-corrected chi connectivity index (χ3v) is 11.0. The van der Waals surface area contributed by atoms with Crippen molar-refractivity contribution in [1.29, 1.82) is 0 Å². The van der Waals surface area contributed by atoms with Gasteiger partial charge < -0.3 is 38.8 Å². The number of carboxylic acid groups (broad SMARTS) is 1. The van der Waals surface area contributed by atoms with Gasteiger partial charge in [0.25, 0.3) is 0 Å². The van der Waals surface area contributed by atoms with Gasteiger partial charge in [-0.05, 0) is 51.2 Å². The number of hydrogen-bond acceptors (Lipinski definition) is 11. The Morgan fingerprint density at radius 1 is 0.586 bits per heavy atom. The van der Waals surface area contributed by atoms with E-state index in [9.17, 15) is 19.5 Å². The molecule has 2 N–H and O–H groups in total. The van der Waals surface area contributed by atoms with E-state index < -0.39 is 17.9 Å². The molecule has 13 nitrogen and oxygen atoms in total. The maximum Gasteiger partial charge on any atom is 0.343 e. The molecular formula is C56H50BrN3O10. The summed E-state index contributed by atoms with van der Waals surface area (Å²) in [4.78, 5) is 37.3. The maximum absolute atomic E-state index is 13.2. The minimum atomic E-state index is -1.06. The Bertz CT molecular complexity index is 2960. The van der Waals surface area contributed by atoms with E-state index >= 15 is 0 Å². The molecule has 0 fully saturated rings. The largest absolute Gasteiger partial charge is 0.489 e. The van der Waals surface area contributed by atoms with E-state index in [1.165, 1.54) is 11.8 Å². The van der Waals surface area contributed by atoms with Gasteiger partial charge in [0.15, 0.2) is 0 Å². The van der Waals surface area contributed by atoms with Crippen molar-refractivity contribution in [2.45, 2.75) is 39.9 Å². The van der Waals surface area contributed by atoms with Crippen LogP contribution in [-0.2, 0) is 47.2 Å². The van der Waals surface area contributed by atoms with Gasteiger partial charge in [-0.25, -0.2) is 14.3 Å². The quantitative estimate of drug-likeness (QED) is 0.0698. The summed E-state index contributed by atoms with van der Waals surface area (Å²) in [6.07, 6.45) is 0. The molecule has 356 valence electrons. The Balaban J connectivity index is 0.000000236. The van der Waals surface area contributed by atoms with Gasteiger partial charge in [-0.1, -0.05) is 152 Å². The minimum absolute atomic E-state index is 0.0768. The lowest BCUT2D eigenvalue weighted by atomic mass is 10.1. The van der Waals surface area contributed by atoms with Crippen molar-refractivity contribution in [1.82, 2.24) is 9.78 Å². The Kier molecular flexibility index (Phi) is 17.8. The Labute approximate surface area is 414 Å². The van der Waals surface area contributed by atoms with Crippen LogP contribution in [-0.4, -0.2) is 46.5 Å². The first-order valence-electron chi connectivity index (χ1n) is 22.2. The van der Waals surface area contributed by atoms with Gasteiger partial charge in [0.1, 0.15) is 72.9 Å². The van der Waals surface area contributed by atoms with E-state index in [1.807, 2.05) is 152 Å². The number of nitrogens with one attached hydrogen (secondary N) is 1. The van der Waals surface area contributed by atoms with E-state index in [0.717, 1.165) is 27.8 Å². The summed E-state index contributed by atoms with van der Waals surface area (Å²) < 4.78 is 36.2. The fourth-order valence-corrected chi connectivity index (χ4v) is 7.56. The van der Waals surface area contributed by atoms with Crippen LogP contribution in [0.25, 0.3) is 11.3 Å². The van der Waals surface area contributed by atoms with Gasteiger partial charge in [-0.2, -0.15) is 5.10 Å². The summed E-state index contributed by atoms with van der Waals surface area (Å²) in [6.45, 7) is 3.02. The van der Waals surface area contributed by atoms with Crippen molar-refractivity contribution >= 4 is 45.3 Å². The molecule has 70 heavy (non-hydrogen) atoms. The van der Waals surface area contributed by atoms with Gasteiger partial charge in [-0.15, -0.1) is 0 Å². The first-order chi connectivity index (χ1) is 34.2. The molecule has 1 heterocycles. The number of halogens is 1. The SMILES string of the molecule is CCOC(=O)Cn1nc(-c2ccccc2)cc1Nc1cc(OCc2ccccc2)cc(OCc2ccccc2)c1C(=O)OC.O=C(O)c1c(Br)cc(OCc2ccccc2)cc1OCc1ccccc1. The average Bonchev–Trinajstić information content (AvgIpc) is 3.78. The first-order valence-corrected chi connectivity index (χ1v) is 23.0. The second-order valence-corrected chi connectivity index (χ2v) is 16.2. The lowest BCUT2D eigenvalue weighted by Crippen LogP contribution is -2.17. The van der Waals surface area contributed by atoms with Gasteiger partial charge in [0, 0.05) is 34.3 Å². The molecule has 1 aromatic heterocycles. The zero-order valence-electron chi connectivity index (χ0n) is 38.5.